The molecule has 0 spiro atoms. The Hall–Kier alpha value is -2.81. The van der Waals surface area contributed by atoms with Gasteiger partial charge in [0.1, 0.15) is 5.69 Å². The topological polar surface area (TPSA) is 46.5 Å². The molecule has 3 nitrogen and oxygen atoms in total. The Morgan fingerprint density at radius 2 is 1.50 bits per heavy atom. The van der Waals surface area contributed by atoms with Crippen molar-refractivity contribution in [2.24, 2.45) is 5.18 Å². The van der Waals surface area contributed by atoms with E-state index in [0.717, 1.165) is 10.8 Å². The maximum absolute atomic E-state index is 12.6. The van der Waals surface area contributed by atoms with Crippen molar-refractivity contribution in [1.29, 1.82) is 0 Å². The molecule has 96 valence electrons. The number of hydrogen-bond acceptors (Lipinski definition) is 3. The van der Waals surface area contributed by atoms with Crippen LogP contribution >= 0.6 is 0 Å². The highest BCUT2D eigenvalue weighted by Crippen LogP contribution is 2.30. The lowest BCUT2D eigenvalue weighted by atomic mass is 9.96. The SMILES string of the molecule is O=Nc1ccc2ccccc2c1C(=O)c1ccccc1. The van der Waals surface area contributed by atoms with E-state index in [4.69, 9.17) is 0 Å². The molecule has 0 aromatic heterocycles. The van der Waals surface area contributed by atoms with Crippen molar-refractivity contribution in [3.63, 3.8) is 0 Å². The van der Waals surface area contributed by atoms with E-state index in [0.29, 0.717) is 11.1 Å². The highest BCUT2D eigenvalue weighted by Gasteiger charge is 2.17. The monoisotopic (exact) mass is 261 g/mol. The van der Waals surface area contributed by atoms with Crippen molar-refractivity contribution < 1.29 is 4.79 Å². The summed E-state index contributed by atoms with van der Waals surface area (Å²) in [5, 5.41) is 4.66. The number of nitroso groups, excluding NO2 is 1. The van der Waals surface area contributed by atoms with Crippen molar-refractivity contribution in [2.45, 2.75) is 0 Å². The first kappa shape index (κ1) is 12.2. The first-order valence-electron chi connectivity index (χ1n) is 6.26. The van der Waals surface area contributed by atoms with Crippen molar-refractivity contribution >= 4 is 22.2 Å². The third kappa shape index (κ3) is 1.99. The van der Waals surface area contributed by atoms with Gasteiger partial charge in [-0.2, -0.15) is 0 Å². The smallest absolute Gasteiger partial charge is 0.195 e. The standard InChI is InChI=1S/C17H11NO2/c19-17(13-7-2-1-3-8-13)16-14-9-5-4-6-12(14)10-11-15(16)18-20/h1-11H. The van der Waals surface area contributed by atoms with E-state index in [9.17, 15) is 9.70 Å². The molecule has 0 N–H and O–H groups in total. The van der Waals surface area contributed by atoms with E-state index in [1.807, 2.05) is 30.3 Å². The van der Waals surface area contributed by atoms with E-state index in [1.54, 1.807) is 36.4 Å². The summed E-state index contributed by atoms with van der Waals surface area (Å²) in [5.74, 6) is -0.183. The van der Waals surface area contributed by atoms with Gasteiger partial charge in [-0.3, -0.25) is 4.79 Å². The lowest BCUT2D eigenvalue weighted by Crippen LogP contribution is -2.02. The second kappa shape index (κ2) is 5.05. The van der Waals surface area contributed by atoms with Crippen LogP contribution in [0.1, 0.15) is 15.9 Å². The van der Waals surface area contributed by atoms with Gasteiger partial charge in [0.15, 0.2) is 5.78 Å². The number of carbonyl (C=O) groups excluding carboxylic acids is 1. The summed E-state index contributed by atoms with van der Waals surface area (Å²) in [6, 6.07) is 19.8. The zero-order valence-electron chi connectivity index (χ0n) is 10.6. The first-order chi connectivity index (χ1) is 9.81. The lowest BCUT2D eigenvalue weighted by Gasteiger charge is -2.07. The largest absolute Gasteiger partial charge is 0.289 e. The number of benzene rings is 3. The van der Waals surface area contributed by atoms with Gasteiger partial charge in [0, 0.05) is 5.56 Å². The molecule has 3 aromatic rings. The minimum Gasteiger partial charge on any atom is -0.289 e. The number of nitrogens with zero attached hydrogens (tertiary/aromatic N) is 1. The minimum absolute atomic E-state index is 0.178. The van der Waals surface area contributed by atoms with Crippen molar-refractivity contribution in [2.75, 3.05) is 0 Å². The lowest BCUT2D eigenvalue weighted by molar-refractivity contribution is 0.104. The van der Waals surface area contributed by atoms with Gasteiger partial charge in [0.2, 0.25) is 0 Å². The normalized spacial score (nSPS) is 10.4. The van der Waals surface area contributed by atoms with Gasteiger partial charge in [0.05, 0.1) is 5.56 Å². The summed E-state index contributed by atoms with van der Waals surface area (Å²) in [5.41, 5.74) is 1.09. The molecule has 0 aliphatic carbocycles. The number of ketones is 1. The molecule has 0 radical (unpaired) electrons. The van der Waals surface area contributed by atoms with Gasteiger partial charge in [0.25, 0.3) is 0 Å². The fourth-order valence-corrected chi connectivity index (χ4v) is 2.31. The molecular weight excluding hydrogens is 250 g/mol. The van der Waals surface area contributed by atoms with Crippen LogP contribution in [-0.4, -0.2) is 5.78 Å². The van der Waals surface area contributed by atoms with Crippen LogP contribution in [0.2, 0.25) is 0 Å². The predicted octanol–water partition coefficient (Wildman–Crippen LogP) is 4.47. The molecule has 0 unspecified atom stereocenters. The number of rotatable bonds is 3. The van der Waals surface area contributed by atoms with Gasteiger partial charge in [-0.05, 0) is 22.0 Å². The van der Waals surface area contributed by atoms with Crippen LogP contribution < -0.4 is 0 Å². The maximum Gasteiger partial charge on any atom is 0.195 e. The van der Waals surface area contributed by atoms with E-state index in [2.05, 4.69) is 5.18 Å². The van der Waals surface area contributed by atoms with Crippen LogP contribution in [0.15, 0.2) is 71.9 Å². The third-order valence-electron chi connectivity index (χ3n) is 3.27. The average Bonchev–Trinajstić information content (AvgIpc) is 2.54. The Labute approximate surface area is 115 Å². The molecular formula is C17H11NO2. The summed E-state index contributed by atoms with van der Waals surface area (Å²) in [7, 11) is 0. The average molecular weight is 261 g/mol. The molecule has 0 saturated heterocycles. The van der Waals surface area contributed by atoms with Crippen LogP contribution in [0.3, 0.4) is 0 Å². The Kier molecular flexibility index (Phi) is 3.09. The Bertz CT molecular complexity index is 794. The molecule has 0 atom stereocenters. The molecule has 0 aliphatic heterocycles. The number of hydrogen-bond donors (Lipinski definition) is 0. The second-order valence-electron chi connectivity index (χ2n) is 4.47. The van der Waals surface area contributed by atoms with E-state index < -0.39 is 0 Å². The Balaban J connectivity index is 2.29. The molecule has 3 heteroatoms. The predicted molar refractivity (Wildman–Crippen MR) is 79.3 cm³/mol. The third-order valence-corrected chi connectivity index (χ3v) is 3.27. The fourth-order valence-electron chi connectivity index (χ4n) is 2.31. The van der Waals surface area contributed by atoms with E-state index >= 15 is 0 Å². The van der Waals surface area contributed by atoms with Crippen LogP contribution in [0.5, 0.6) is 0 Å². The molecule has 20 heavy (non-hydrogen) atoms. The molecule has 0 saturated carbocycles. The maximum atomic E-state index is 12.6. The van der Waals surface area contributed by atoms with Crippen LogP contribution in [0, 0.1) is 4.91 Å². The number of carbonyl (C=O) groups is 1. The fraction of sp³-hybridized carbons (Fsp3) is 0. The van der Waals surface area contributed by atoms with Gasteiger partial charge in [-0.1, -0.05) is 60.7 Å². The first-order valence-corrected chi connectivity index (χ1v) is 6.26. The molecule has 0 amide bonds. The molecule has 0 bridgehead atoms. The minimum atomic E-state index is -0.183. The van der Waals surface area contributed by atoms with Crippen LogP contribution in [0.4, 0.5) is 5.69 Å². The van der Waals surface area contributed by atoms with E-state index in [-0.39, 0.29) is 11.5 Å². The van der Waals surface area contributed by atoms with Gasteiger partial charge in [-0.15, -0.1) is 4.91 Å². The second-order valence-corrected chi connectivity index (χ2v) is 4.47. The zero-order valence-corrected chi connectivity index (χ0v) is 10.6. The zero-order chi connectivity index (χ0) is 13.9. The summed E-state index contributed by atoms with van der Waals surface area (Å²) >= 11 is 0. The Morgan fingerprint density at radius 3 is 2.25 bits per heavy atom. The van der Waals surface area contributed by atoms with Crippen molar-refractivity contribution in [3.8, 4) is 0 Å². The summed E-state index contributed by atoms with van der Waals surface area (Å²) in [6.45, 7) is 0. The number of fused-ring (bicyclic) bond motifs is 1. The molecule has 3 rings (SSSR count). The Morgan fingerprint density at radius 1 is 0.800 bits per heavy atom. The molecule has 0 fully saturated rings. The highest BCUT2D eigenvalue weighted by molar-refractivity contribution is 6.19. The molecule has 0 aliphatic rings. The summed E-state index contributed by atoms with van der Waals surface area (Å²) < 4.78 is 0. The summed E-state index contributed by atoms with van der Waals surface area (Å²) in [6.07, 6.45) is 0. The van der Waals surface area contributed by atoms with Crippen LogP contribution in [-0.2, 0) is 0 Å². The summed E-state index contributed by atoms with van der Waals surface area (Å²) in [4.78, 5) is 23.6. The van der Waals surface area contributed by atoms with Crippen molar-refractivity contribution in [3.05, 3.63) is 82.8 Å². The van der Waals surface area contributed by atoms with Crippen molar-refractivity contribution in [1.82, 2.24) is 0 Å². The van der Waals surface area contributed by atoms with Crippen LogP contribution in [0.25, 0.3) is 10.8 Å². The van der Waals surface area contributed by atoms with E-state index in [1.165, 1.54) is 0 Å². The van der Waals surface area contributed by atoms with Gasteiger partial charge < -0.3 is 0 Å². The van der Waals surface area contributed by atoms with Gasteiger partial charge in [-0.25, -0.2) is 0 Å². The quantitative estimate of drug-likeness (QED) is 0.516. The van der Waals surface area contributed by atoms with Gasteiger partial charge >= 0.3 is 0 Å². The highest BCUT2D eigenvalue weighted by atomic mass is 16.3. The molecule has 0 heterocycles. The molecule has 3 aromatic carbocycles.